The first-order valence-corrected chi connectivity index (χ1v) is 7.13. The number of Topliss-reactive ketones (excluding diaryl/α,β-unsaturated/α-hetero) is 1. The third kappa shape index (κ3) is 5.45. The summed E-state index contributed by atoms with van der Waals surface area (Å²) in [4.78, 5) is 12.4. The summed E-state index contributed by atoms with van der Waals surface area (Å²) in [5, 5.41) is 2.00. The second kappa shape index (κ2) is 7.61. The van der Waals surface area contributed by atoms with Gasteiger partial charge in [0.25, 0.3) is 0 Å². The maximum Gasteiger partial charge on any atom is 0.140 e. The molecule has 0 unspecified atom stereocenters. The fourth-order valence-electron chi connectivity index (χ4n) is 1.67. The summed E-state index contributed by atoms with van der Waals surface area (Å²) in [6, 6.07) is 3.98. The molecule has 0 aliphatic heterocycles. The van der Waals surface area contributed by atoms with Crippen molar-refractivity contribution in [2.45, 2.75) is 52.4 Å². The standard InChI is InChI=1S/C9H12OS.C5H10/c1-7(2)9(10)6-8-4-3-5-11-8;1-2-4-5-3-1/h3-5,7H,6H2,1-2H3;1-5H2. The molecule has 90 valence electrons. The molecule has 1 fully saturated rings. The quantitative estimate of drug-likeness (QED) is 0.759. The Bertz CT molecular complexity index is 276. The van der Waals surface area contributed by atoms with Gasteiger partial charge in [0, 0.05) is 17.2 Å². The number of carbonyl (C=O) groups is 1. The van der Waals surface area contributed by atoms with Crippen LogP contribution in [0.1, 0.15) is 50.8 Å². The van der Waals surface area contributed by atoms with Gasteiger partial charge in [-0.15, -0.1) is 11.3 Å². The molecular formula is C14H22OS. The predicted molar refractivity (Wildman–Crippen MR) is 71.0 cm³/mol. The van der Waals surface area contributed by atoms with Crippen LogP contribution in [0.5, 0.6) is 0 Å². The third-order valence-corrected chi connectivity index (χ3v) is 3.70. The second-order valence-electron chi connectivity index (χ2n) is 4.64. The maximum atomic E-state index is 11.2. The highest BCUT2D eigenvalue weighted by atomic mass is 32.1. The zero-order valence-corrected chi connectivity index (χ0v) is 11.2. The van der Waals surface area contributed by atoms with E-state index >= 15 is 0 Å². The molecule has 0 aromatic carbocycles. The molecule has 0 amide bonds. The van der Waals surface area contributed by atoms with Crippen molar-refractivity contribution in [3.05, 3.63) is 22.4 Å². The molecule has 1 aliphatic carbocycles. The molecule has 2 heteroatoms. The summed E-state index contributed by atoms with van der Waals surface area (Å²) in [5.41, 5.74) is 0. The van der Waals surface area contributed by atoms with Crippen molar-refractivity contribution in [2.75, 3.05) is 0 Å². The van der Waals surface area contributed by atoms with Crippen LogP contribution in [0.25, 0.3) is 0 Å². The van der Waals surface area contributed by atoms with E-state index in [-0.39, 0.29) is 5.92 Å². The fraction of sp³-hybridized carbons (Fsp3) is 0.643. The average Bonchev–Trinajstić information content (AvgIpc) is 2.92. The van der Waals surface area contributed by atoms with Gasteiger partial charge in [0.1, 0.15) is 5.78 Å². The van der Waals surface area contributed by atoms with Gasteiger partial charge >= 0.3 is 0 Å². The summed E-state index contributed by atoms with van der Waals surface area (Å²) in [6.07, 6.45) is 8.11. The number of carbonyl (C=O) groups excluding carboxylic acids is 1. The average molecular weight is 238 g/mol. The van der Waals surface area contributed by atoms with Crippen LogP contribution in [0.4, 0.5) is 0 Å². The van der Waals surface area contributed by atoms with Gasteiger partial charge in [-0.05, 0) is 11.4 Å². The molecular weight excluding hydrogens is 216 g/mol. The minimum absolute atomic E-state index is 0.164. The van der Waals surface area contributed by atoms with Crippen LogP contribution in [-0.4, -0.2) is 5.78 Å². The van der Waals surface area contributed by atoms with Crippen LogP contribution >= 0.6 is 11.3 Å². The third-order valence-electron chi connectivity index (χ3n) is 2.82. The lowest BCUT2D eigenvalue weighted by Gasteiger charge is -2.00. The van der Waals surface area contributed by atoms with Crippen LogP contribution < -0.4 is 0 Å². The van der Waals surface area contributed by atoms with E-state index in [0.29, 0.717) is 12.2 Å². The van der Waals surface area contributed by atoms with Crippen molar-refractivity contribution in [1.82, 2.24) is 0 Å². The first kappa shape index (κ1) is 13.4. The van der Waals surface area contributed by atoms with Crippen LogP contribution in [0, 0.1) is 5.92 Å². The maximum absolute atomic E-state index is 11.2. The normalized spacial score (nSPS) is 14.7. The monoisotopic (exact) mass is 238 g/mol. The lowest BCUT2D eigenvalue weighted by Crippen LogP contribution is -2.08. The number of thiophene rings is 1. The molecule has 2 rings (SSSR count). The Morgan fingerprint density at radius 3 is 2.19 bits per heavy atom. The van der Waals surface area contributed by atoms with E-state index < -0.39 is 0 Å². The SMILES string of the molecule is C1CCCC1.CC(C)C(=O)Cc1cccs1. The van der Waals surface area contributed by atoms with Gasteiger partial charge in [-0.25, -0.2) is 0 Å². The fourth-order valence-corrected chi connectivity index (χ4v) is 2.39. The molecule has 0 atom stereocenters. The molecule has 0 bridgehead atoms. The van der Waals surface area contributed by atoms with Crippen molar-refractivity contribution in [2.24, 2.45) is 5.92 Å². The summed E-state index contributed by atoms with van der Waals surface area (Å²) < 4.78 is 0. The molecule has 0 N–H and O–H groups in total. The highest BCUT2D eigenvalue weighted by Gasteiger charge is 2.07. The van der Waals surface area contributed by atoms with E-state index in [1.165, 1.54) is 37.0 Å². The molecule has 1 aromatic rings. The largest absolute Gasteiger partial charge is 0.299 e. The van der Waals surface area contributed by atoms with Crippen molar-refractivity contribution in [3.8, 4) is 0 Å². The van der Waals surface area contributed by atoms with Crippen molar-refractivity contribution >= 4 is 17.1 Å². The van der Waals surface area contributed by atoms with Gasteiger partial charge in [-0.1, -0.05) is 52.0 Å². The van der Waals surface area contributed by atoms with Gasteiger partial charge in [-0.3, -0.25) is 4.79 Å². The zero-order valence-electron chi connectivity index (χ0n) is 10.4. The highest BCUT2D eigenvalue weighted by molar-refractivity contribution is 7.10. The number of hydrogen-bond acceptors (Lipinski definition) is 2. The Labute approximate surface area is 103 Å². The molecule has 0 saturated heterocycles. The predicted octanol–water partition coefficient (Wildman–Crippen LogP) is 4.47. The van der Waals surface area contributed by atoms with Gasteiger partial charge in [0.2, 0.25) is 0 Å². The molecule has 0 spiro atoms. The van der Waals surface area contributed by atoms with E-state index in [1.807, 2.05) is 31.4 Å². The van der Waals surface area contributed by atoms with Crippen LogP contribution in [0.3, 0.4) is 0 Å². The molecule has 16 heavy (non-hydrogen) atoms. The van der Waals surface area contributed by atoms with Crippen molar-refractivity contribution in [3.63, 3.8) is 0 Å². The van der Waals surface area contributed by atoms with Gasteiger partial charge in [0.15, 0.2) is 0 Å². The Morgan fingerprint density at radius 1 is 1.25 bits per heavy atom. The second-order valence-corrected chi connectivity index (χ2v) is 5.68. The van der Waals surface area contributed by atoms with Crippen LogP contribution in [-0.2, 0) is 11.2 Å². The highest BCUT2D eigenvalue weighted by Crippen LogP contribution is 2.15. The summed E-state index contributed by atoms with van der Waals surface area (Å²) >= 11 is 1.65. The van der Waals surface area contributed by atoms with E-state index in [4.69, 9.17) is 0 Å². The van der Waals surface area contributed by atoms with Gasteiger partial charge in [0.05, 0.1) is 0 Å². The molecule has 1 saturated carbocycles. The number of hydrogen-bond donors (Lipinski definition) is 0. The minimum atomic E-state index is 0.164. The first-order valence-electron chi connectivity index (χ1n) is 6.25. The molecule has 1 aliphatic rings. The smallest absolute Gasteiger partial charge is 0.140 e. The molecule has 1 nitrogen and oxygen atoms in total. The lowest BCUT2D eigenvalue weighted by molar-refractivity contribution is -0.121. The summed E-state index contributed by atoms with van der Waals surface area (Å²) in [6.45, 7) is 3.88. The van der Waals surface area contributed by atoms with Gasteiger partial charge in [-0.2, -0.15) is 0 Å². The van der Waals surface area contributed by atoms with Crippen LogP contribution in [0.15, 0.2) is 17.5 Å². The van der Waals surface area contributed by atoms with E-state index in [9.17, 15) is 4.79 Å². The number of rotatable bonds is 3. The van der Waals surface area contributed by atoms with Crippen molar-refractivity contribution < 1.29 is 4.79 Å². The Balaban J connectivity index is 0.000000212. The van der Waals surface area contributed by atoms with Gasteiger partial charge < -0.3 is 0 Å². The number of ketones is 1. The van der Waals surface area contributed by atoms with Crippen LogP contribution in [0.2, 0.25) is 0 Å². The van der Waals surface area contributed by atoms with E-state index in [1.54, 1.807) is 11.3 Å². The van der Waals surface area contributed by atoms with Crippen molar-refractivity contribution in [1.29, 1.82) is 0 Å². The topological polar surface area (TPSA) is 17.1 Å². The summed E-state index contributed by atoms with van der Waals surface area (Å²) in [5.74, 6) is 0.490. The molecule has 0 radical (unpaired) electrons. The minimum Gasteiger partial charge on any atom is -0.299 e. The lowest BCUT2D eigenvalue weighted by atomic mass is 10.1. The van der Waals surface area contributed by atoms with E-state index in [0.717, 1.165) is 0 Å². The zero-order chi connectivity index (χ0) is 11.8. The Hall–Kier alpha value is -0.630. The molecule has 1 heterocycles. The Kier molecular flexibility index (Phi) is 6.39. The summed E-state index contributed by atoms with van der Waals surface area (Å²) in [7, 11) is 0. The molecule has 1 aromatic heterocycles. The Morgan fingerprint density at radius 2 is 1.81 bits per heavy atom. The van der Waals surface area contributed by atoms with E-state index in [2.05, 4.69) is 0 Å². The first-order chi connectivity index (χ1) is 7.70.